The zero-order valence-electron chi connectivity index (χ0n) is 15.2. The third-order valence-electron chi connectivity index (χ3n) is 2.82. The monoisotopic (exact) mass is 399 g/mol. The summed E-state index contributed by atoms with van der Waals surface area (Å²) in [5, 5.41) is 0.625. The van der Waals surface area contributed by atoms with Crippen LogP contribution in [0.1, 0.15) is 52.7 Å². The number of rotatable bonds is 3. The topological polar surface area (TPSA) is 55.8 Å². The first-order valence-corrected chi connectivity index (χ1v) is 8.91. The van der Waals surface area contributed by atoms with Gasteiger partial charge >= 0.3 is 12.2 Å². The van der Waals surface area contributed by atoms with Gasteiger partial charge in [-0.3, -0.25) is 0 Å². The van der Waals surface area contributed by atoms with Crippen molar-refractivity contribution in [1.29, 1.82) is 0 Å². The van der Waals surface area contributed by atoms with Crippen LogP contribution in [0.15, 0.2) is 24.3 Å². The van der Waals surface area contributed by atoms with Gasteiger partial charge < -0.3 is 9.47 Å². The van der Waals surface area contributed by atoms with Crippen LogP contribution in [0.25, 0.3) is 0 Å². The molecule has 6 heteroatoms. The fourth-order valence-electron chi connectivity index (χ4n) is 1.85. The number of nitrogens with zero attached hydrogens (tertiary/aromatic N) is 1. The minimum atomic E-state index is -0.721. The van der Waals surface area contributed by atoms with Crippen molar-refractivity contribution in [2.45, 2.75) is 64.6 Å². The van der Waals surface area contributed by atoms with Gasteiger partial charge in [0, 0.05) is 5.33 Å². The van der Waals surface area contributed by atoms with Crippen LogP contribution in [0.3, 0.4) is 0 Å². The lowest BCUT2D eigenvalue weighted by molar-refractivity contribution is -0.000266. The molecule has 0 radical (unpaired) electrons. The highest BCUT2D eigenvalue weighted by atomic mass is 79.9. The Morgan fingerprint density at radius 1 is 0.917 bits per heavy atom. The Hall–Kier alpha value is -1.56. The molecule has 0 bridgehead atoms. The van der Waals surface area contributed by atoms with E-state index in [4.69, 9.17) is 9.47 Å². The second-order valence-corrected chi connectivity index (χ2v) is 8.01. The lowest BCUT2D eigenvalue weighted by Gasteiger charge is -2.29. The van der Waals surface area contributed by atoms with Crippen LogP contribution in [0, 0.1) is 0 Å². The van der Waals surface area contributed by atoms with Gasteiger partial charge in [0.2, 0.25) is 0 Å². The number of carbonyl (C=O) groups excluding carboxylic acids is 2. The first-order chi connectivity index (χ1) is 10.9. The van der Waals surface area contributed by atoms with E-state index >= 15 is 0 Å². The van der Waals surface area contributed by atoms with E-state index in [1.165, 1.54) is 0 Å². The van der Waals surface area contributed by atoms with Crippen molar-refractivity contribution >= 4 is 28.1 Å². The smallest absolute Gasteiger partial charge is 0.420 e. The molecular formula is C18H26BrNO4. The van der Waals surface area contributed by atoms with Crippen molar-refractivity contribution in [3.8, 4) is 0 Å². The highest BCUT2D eigenvalue weighted by molar-refractivity contribution is 9.08. The van der Waals surface area contributed by atoms with E-state index in [0.29, 0.717) is 5.33 Å². The Morgan fingerprint density at radius 3 is 1.71 bits per heavy atom. The molecule has 0 saturated carbocycles. The molecule has 0 heterocycles. The van der Waals surface area contributed by atoms with E-state index in [1.807, 2.05) is 24.3 Å². The molecule has 0 aromatic heterocycles. The summed E-state index contributed by atoms with van der Waals surface area (Å²) >= 11 is 3.42. The lowest BCUT2D eigenvalue weighted by atomic mass is 10.1. The number of imide groups is 1. The highest BCUT2D eigenvalue weighted by Crippen LogP contribution is 2.20. The van der Waals surface area contributed by atoms with E-state index in [1.54, 1.807) is 41.5 Å². The zero-order valence-corrected chi connectivity index (χ0v) is 16.8. The molecule has 0 aliphatic rings. The van der Waals surface area contributed by atoms with E-state index < -0.39 is 23.4 Å². The summed E-state index contributed by atoms with van der Waals surface area (Å²) in [6.45, 7) is 10.6. The van der Waals surface area contributed by atoms with Crippen molar-refractivity contribution in [2.24, 2.45) is 0 Å². The maximum absolute atomic E-state index is 12.5. The molecule has 1 rings (SSSR count). The molecule has 0 atom stereocenters. The molecule has 0 unspecified atom stereocenters. The normalized spacial score (nSPS) is 11.8. The molecule has 0 aliphatic carbocycles. The second kappa shape index (κ2) is 8.01. The van der Waals surface area contributed by atoms with Gasteiger partial charge in [-0.25, -0.2) is 14.5 Å². The van der Waals surface area contributed by atoms with Gasteiger partial charge in [-0.2, -0.15) is 0 Å². The van der Waals surface area contributed by atoms with Gasteiger partial charge in [-0.05, 0) is 52.7 Å². The summed E-state index contributed by atoms with van der Waals surface area (Å²) in [5.74, 6) is 0. The summed E-state index contributed by atoms with van der Waals surface area (Å²) in [6, 6.07) is 7.58. The Morgan fingerprint density at radius 2 is 1.33 bits per heavy atom. The summed E-state index contributed by atoms with van der Waals surface area (Å²) in [5.41, 5.74) is 0.444. The van der Waals surface area contributed by atoms with Crippen LogP contribution in [0.2, 0.25) is 0 Å². The second-order valence-electron chi connectivity index (χ2n) is 7.45. The predicted molar refractivity (Wildman–Crippen MR) is 97.1 cm³/mol. The summed E-state index contributed by atoms with van der Waals surface area (Å²) in [7, 11) is 0. The van der Waals surface area contributed by atoms with Gasteiger partial charge in [-0.1, -0.05) is 40.2 Å². The van der Waals surface area contributed by atoms with E-state index in [0.717, 1.165) is 16.0 Å². The van der Waals surface area contributed by atoms with Crippen LogP contribution in [0.4, 0.5) is 9.59 Å². The fraction of sp³-hybridized carbons (Fsp3) is 0.556. The van der Waals surface area contributed by atoms with Crippen LogP contribution in [-0.4, -0.2) is 28.3 Å². The SMILES string of the molecule is CC(C)(C)OC(=O)N(Cc1ccccc1CBr)C(=O)OC(C)(C)C. The van der Waals surface area contributed by atoms with Crippen molar-refractivity contribution < 1.29 is 19.1 Å². The van der Waals surface area contributed by atoms with Gasteiger partial charge in [0.05, 0.1) is 6.54 Å². The summed E-state index contributed by atoms with van der Waals surface area (Å²) in [6.07, 6.45) is -1.44. The van der Waals surface area contributed by atoms with Crippen molar-refractivity contribution in [3.63, 3.8) is 0 Å². The number of carbonyl (C=O) groups is 2. The molecule has 0 saturated heterocycles. The minimum absolute atomic E-state index is 0.0889. The number of alkyl halides is 1. The van der Waals surface area contributed by atoms with Crippen molar-refractivity contribution in [3.05, 3.63) is 35.4 Å². The molecule has 1 aromatic carbocycles. The molecular weight excluding hydrogens is 374 g/mol. The van der Waals surface area contributed by atoms with Gasteiger partial charge in [0.1, 0.15) is 11.2 Å². The first-order valence-electron chi connectivity index (χ1n) is 7.79. The van der Waals surface area contributed by atoms with Gasteiger partial charge in [0.15, 0.2) is 0 Å². The highest BCUT2D eigenvalue weighted by Gasteiger charge is 2.31. The van der Waals surface area contributed by atoms with Crippen LogP contribution in [-0.2, 0) is 21.3 Å². The van der Waals surface area contributed by atoms with Gasteiger partial charge in [0.25, 0.3) is 0 Å². The number of ether oxygens (including phenoxy) is 2. The molecule has 2 amide bonds. The molecule has 0 N–H and O–H groups in total. The maximum atomic E-state index is 12.5. The summed E-state index contributed by atoms with van der Waals surface area (Å²) in [4.78, 5) is 26.0. The van der Waals surface area contributed by atoms with Crippen LogP contribution >= 0.6 is 15.9 Å². The number of hydrogen-bond acceptors (Lipinski definition) is 4. The molecule has 1 aromatic rings. The molecule has 134 valence electrons. The average molecular weight is 400 g/mol. The van der Waals surface area contributed by atoms with Crippen molar-refractivity contribution in [1.82, 2.24) is 4.90 Å². The standard InChI is InChI=1S/C18H26BrNO4/c1-17(2,3)23-15(21)20(16(22)24-18(4,5)6)12-14-10-8-7-9-13(14)11-19/h7-10H,11-12H2,1-6H3. The fourth-order valence-corrected chi connectivity index (χ4v) is 2.40. The Labute approximate surface area is 152 Å². The largest absolute Gasteiger partial charge is 0.443 e. The number of amides is 2. The van der Waals surface area contributed by atoms with E-state index in [2.05, 4.69) is 15.9 Å². The molecule has 0 aliphatic heterocycles. The number of hydrogen-bond donors (Lipinski definition) is 0. The Bertz CT molecular complexity index is 559. The Kier molecular flexibility index (Phi) is 6.84. The molecule has 0 fully saturated rings. The van der Waals surface area contributed by atoms with Crippen LogP contribution in [0.5, 0.6) is 0 Å². The Balaban J connectivity index is 3.08. The maximum Gasteiger partial charge on any atom is 0.420 e. The third kappa shape index (κ3) is 6.91. The van der Waals surface area contributed by atoms with Gasteiger partial charge in [-0.15, -0.1) is 0 Å². The summed E-state index contributed by atoms with van der Waals surface area (Å²) < 4.78 is 10.7. The van der Waals surface area contributed by atoms with E-state index in [-0.39, 0.29) is 6.54 Å². The number of benzene rings is 1. The van der Waals surface area contributed by atoms with Crippen LogP contribution < -0.4 is 0 Å². The first kappa shape index (κ1) is 20.5. The predicted octanol–water partition coefficient (Wildman–Crippen LogP) is 5.25. The zero-order chi connectivity index (χ0) is 18.5. The average Bonchev–Trinajstić information content (AvgIpc) is 2.41. The quantitative estimate of drug-likeness (QED) is 0.650. The number of halogens is 1. The molecule has 5 nitrogen and oxygen atoms in total. The lowest BCUT2D eigenvalue weighted by Crippen LogP contribution is -2.43. The minimum Gasteiger partial charge on any atom is -0.443 e. The van der Waals surface area contributed by atoms with Crippen molar-refractivity contribution in [2.75, 3.05) is 0 Å². The molecule has 24 heavy (non-hydrogen) atoms. The van der Waals surface area contributed by atoms with E-state index in [9.17, 15) is 9.59 Å². The third-order valence-corrected chi connectivity index (χ3v) is 3.42. The molecule has 0 spiro atoms.